The van der Waals surface area contributed by atoms with Gasteiger partial charge in [0.2, 0.25) is 5.88 Å². The Morgan fingerprint density at radius 3 is 2.53 bits per heavy atom. The van der Waals surface area contributed by atoms with Crippen molar-refractivity contribution in [1.82, 2.24) is 14.8 Å². The number of piperazine rings is 1. The van der Waals surface area contributed by atoms with E-state index in [1.165, 1.54) is 5.56 Å². The number of hydrogen-bond donors (Lipinski definition) is 1. The van der Waals surface area contributed by atoms with Crippen LogP contribution >= 0.6 is 0 Å². The summed E-state index contributed by atoms with van der Waals surface area (Å²) in [6, 6.07) is 4.23. The molecule has 1 unspecified atom stereocenters. The summed E-state index contributed by atoms with van der Waals surface area (Å²) in [5, 5.41) is 0. The first-order valence-corrected chi connectivity index (χ1v) is 6.95. The number of pyridine rings is 1. The van der Waals surface area contributed by atoms with Gasteiger partial charge in [0.25, 0.3) is 0 Å². The molecule has 0 aromatic carbocycles. The standard InChI is InChI=1S/C14H24N4O/c1-3-17-6-8-18(9-7-17)13(10-15)12-4-5-14(19-2)16-11-12/h4-5,11,13H,3,6-10,15H2,1-2H3. The van der Waals surface area contributed by atoms with E-state index >= 15 is 0 Å². The van der Waals surface area contributed by atoms with E-state index in [1.807, 2.05) is 12.3 Å². The van der Waals surface area contributed by atoms with Gasteiger partial charge in [-0.1, -0.05) is 13.0 Å². The molecule has 0 spiro atoms. The number of ether oxygens (including phenoxy) is 1. The number of nitrogens with zero attached hydrogens (tertiary/aromatic N) is 3. The van der Waals surface area contributed by atoms with E-state index in [4.69, 9.17) is 10.5 Å². The first-order valence-electron chi connectivity index (χ1n) is 6.95. The molecule has 2 N–H and O–H groups in total. The smallest absolute Gasteiger partial charge is 0.212 e. The van der Waals surface area contributed by atoms with E-state index in [2.05, 4.69) is 27.8 Å². The Bertz CT molecular complexity index is 374. The third-order valence-corrected chi connectivity index (χ3v) is 3.87. The largest absolute Gasteiger partial charge is 0.481 e. The molecule has 19 heavy (non-hydrogen) atoms. The minimum atomic E-state index is 0.261. The quantitative estimate of drug-likeness (QED) is 0.849. The fourth-order valence-electron chi connectivity index (χ4n) is 2.60. The van der Waals surface area contributed by atoms with Crippen molar-refractivity contribution >= 4 is 0 Å². The van der Waals surface area contributed by atoms with Crippen LogP contribution in [0.25, 0.3) is 0 Å². The van der Waals surface area contributed by atoms with Crippen molar-refractivity contribution < 1.29 is 4.74 Å². The van der Waals surface area contributed by atoms with Gasteiger partial charge in [0, 0.05) is 51.0 Å². The third kappa shape index (κ3) is 3.43. The molecule has 0 bridgehead atoms. The van der Waals surface area contributed by atoms with E-state index in [0.717, 1.165) is 32.7 Å². The normalized spacial score (nSPS) is 19.3. The highest BCUT2D eigenvalue weighted by Crippen LogP contribution is 2.21. The van der Waals surface area contributed by atoms with Gasteiger partial charge in [0.1, 0.15) is 0 Å². The zero-order valence-electron chi connectivity index (χ0n) is 11.9. The van der Waals surface area contributed by atoms with Crippen LogP contribution in [0.1, 0.15) is 18.5 Å². The maximum Gasteiger partial charge on any atom is 0.212 e. The van der Waals surface area contributed by atoms with Crippen LogP contribution in [0.15, 0.2) is 18.3 Å². The second-order valence-electron chi connectivity index (χ2n) is 4.86. The number of methoxy groups -OCH3 is 1. The molecular weight excluding hydrogens is 240 g/mol. The molecule has 1 fully saturated rings. The van der Waals surface area contributed by atoms with Crippen molar-refractivity contribution in [2.45, 2.75) is 13.0 Å². The fraction of sp³-hybridized carbons (Fsp3) is 0.643. The number of hydrogen-bond acceptors (Lipinski definition) is 5. The Morgan fingerprint density at radius 2 is 2.05 bits per heavy atom. The van der Waals surface area contributed by atoms with Crippen LogP contribution in [0.5, 0.6) is 5.88 Å². The van der Waals surface area contributed by atoms with Gasteiger partial charge in [0.15, 0.2) is 0 Å². The molecule has 1 atom stereocenters. The van der Waals surface area contributed by atoms with Gasteiger partial charge in [-0.05, 0) is 12.1 Å². The summed E-state index contributed by atoms with van der Waals surface area (Å²) >= 11 is 0. The van der Waals surface area contributed by atoms with Crippen molar-refractivity contribution in [3.05, 3.63) is 23.9 Å². The van der Waals surface area contributed by atoms with Gasteiger partial charge in [-0.15, -0.1) is 0 Å². The monoisotopic (exact) mass is 264 g/mol. The molecule has 1 saturated heterocycles. The van der Waals surface area contributed by atoms with Crippen molar-refractivity contribution in [3.63, 3.8) is 0 Å². The highest BCUT2D eigenvalue weighted by Gasteiger charge is 2.23. The predicted octanol–water partition coefficient (Wildman–Crippen LogP) is 0.728. The van der Waals surface area contributed by atoms with Crippen LogP contribution in [0.2, 0.25) is 0 Å². The first-order chi connectivity index (χ1) is 9.28. The van der Waals surface area contributed by atoms with Crippen LogP contribution in [0.3, 0.4) is 0 Å². The lowest BCUT2D eigenvalue weighted by atomic mass is 10.1. The molecule has 5 nitrogen and oxygen atoms in total. The molecule has 0 amide bonds. The van der Waals surface area contributed by atoms with Crippen molar-refractivity contribution in [3.8, 4) is 5.88 Å². The molecule has 5 heteroatoms. The van der Waals surface area contributed by atoms with E-state index in [1.54, 1.807) is 7.11 Å². The SMILES string of the molecule is CCN1CCN(C(CN)c2ccc(OC)nc2)CC1. The second-order valence-corrected chi connectivity index (χ2v) is 4.86. The summed E-state index contributed by atoms with van der Waals surface area (Å²) in [5.74, 6) is 0.648. The molecule has 1 aliphatic rings. The summed E-state index contributed by atoms with van der Waals surface area (Å²) in [7, 11) is 1.63. The average molecular weight is 264 g/mol. The number of aromatic nitrogens is 1. The minimum absolute atomic E-state index is 0.261. The maximum atomic E-state index is 5.96. The van der Waals surface area contributed by atoms with Gasteiger partial charge >= 0.3 is 0 Å². The molecule has 0 aliphatic carbocycles. The van der Waals surface area contributed by atoms with Crippen LogP contribution in [0, 0.1) is 0 Å². The predicted molar refractivity (Wildman–Crippen MR) is 76.3 cm³/mol. The van der Waals surface area contributed by atoms with Crippen molar-refractivity contribution in [2.24, 2.45) is 5.73 Å². The fourth-order valence-corrected chi connectivity index (χ4v) is 2.60. The Labute approximate surface area is 115 Å². The summed E-state index contributed by atoms with van der Waals surface area (Å²) in [4.78, 5) is 9.20. The van der Waals surface area contributed by atoms with E-state index in [9.17, 15) is 0 Å². The first kappa shape index (κ1) is 14.2. The molecule has 1 aromatic rings. The maximum absolute atomic E-state index is 5.96. The molecule has 2 rings (SSSR count). The highest BCUT2D eigenvalue weighted by atomic mass is 16.5. The lowest BCUT2D eigenvalue weighted by molar-refractivity contribution is 0.102. The summed E-state index contributed by atoms with van der Waals surface area (Å²) in [6.45, 7) is 8.35. The van der Waals surface area contributed by atoms with Gasteiger partial charge in [-0.3, -0.25) is 4.90 Å². The Balaban J connectivity index is 2.03. The lowest BCUT2D eigenvalue weighted by Crippen LogP contribution is -2.48. The van der Waals surface area contributed by atoms with Gasteiger partial charge in [-0.25, -0.2) is 4.98 Å². The topological polar surface area (TPSA) is 54.6 Å². The van der Waals surface area contributed by atoms with Crippen LogP contribution < -0.4 is 10.5 Å². The van der Waals surface area contributed by atoms with Crippen LogP contribution in [-0.2, 0) is 0 Å². The summed E-state index contributed by atoms with van der Waals surface area (Å²) < 4.78 is 5.09. The zero-order chi connectivity index (χ0) is 13.7. The molecule has 0 saturated carbocycles. The Morgan fingerprint density at radius 1 is 1.32 bits per heavy atom. The van der Waals surface area contributed by atoms with E-state index < -0.39 is 0 Å². The molecule has 1 aromatic heterocycles. The van der Waals surface area contributed by atoms with Crippen molar-refractivity contribution in [2.75, 3.05) is 46.4 Å². The van der Waals surface area contributed by atoms with Crippen molar-refractivity contribution in [1.29, 1.82) is 0 Å². The van der Waals surface area contributed by atoms with Gasteiger partial charge in [-0.2, -0.15) is 0 Å². The lowest BCUT2D eigenvalue weighted by Gasteiger charge is -2.38. The third-order valence-electron chi connectivity index (χ3n) is 3.87. The van der Waals surface area contributed by atoms with Gasteiger partial charge < -0.3 is 15.4 Å². The number of likely N-dealkylation sites (N-methyl/N-ethyl adjacent to an activating group) is 1. The average Bonchev–Trinajstić information content (AvgIpc) is 2.49. The number of nitrogens with two attached hydrogens (primary N) is 1. The van der Waals surface area contributed by atoms with Gasteiger partial charge in [0.05, 0.1) is 7.11 Å². The molecule has 0 radical (unpaired) electrons. The highest BCUT2D eigenvalue weighted by molar-refractivity contribution is 5.21. The van der Waals surface area contributed by atoms with Crippen LogP contribution in [-0.4, -0.2) is 61.2 Å². The summed E-state index contributed by atoms with van der Waals surface area (Å²) in [6.07, 6.45) is 1.88. The molecule has 1 aliphatic heterocycles. The minimum Gasteiger partial charge on any atom is -0.481 e. The molecule has 2 heterocycles. The summed E-state index contributed by atoms with van der Waals surface area (Å²) in [5.41, 5.74) is 7.13. The second kappa shape index (κ2) is 6.84. The Kier molecular flexibility index (Phi) is 5.13. The molecule has 106 valence electrons. The number of rotatable bonds is 5. The Hall–Kier alpha value is -1.17. The van der Waals surface area contributed by atoms with E-state index in [-0.39, 0.29) is 6.04 Å². The van der Waals surface area contributed by atoms with E-state index in [0.29, 0.717) is 12.4 Å². The molecular formula is C14H24N4O. The zero-order valence-corrected chi connectivity index (χ0v) is 11.9. The van der Waals surface area contributed by atoms with Crippen LogP contribution in [0.4, 0.5) is 0 Å².